The zero-order valence-electron chi connectivity index (χ0n) is 16.1. The first-order chi connectivity index (χ1) is 14.0. The van der Waals surface area contributed by atoms with Crippen LogP contribution < -0.4 is 5.32 Å². The highest BCUT2D eigenvalue weighted by atomic mass is 32.2. The fourth-order valence-electron chi connectivity index (χ4n) is 3.17. The van der Waals surface area contributed by atoms with E-state index in [0.29, 0.717) is 21.2 Å². The third kappa shape index (κ3) is 4.56. The van der Waals surface area contributed by atoms with E-state index in [1.54, 1.807) is 25.1 Å². The number of fused-ring (bicyclic) bond motifs is 1. The molecular weight excluding hydrogens is 414 g/mol. The molecule has 2 aromatic rings. The molecule has 0 saturated heterocycles. The van der Waals surface area contributed by atoms with Crippen molar-refractivity contribution in [1.29, 1.82) is 0 Å². The zero-order chi connectivity index (χ0) is 21.0. The maximum absolute atomic E-state index is 12.4. The normalized spacial score (nSPS) is 13.4. The molecule has 0 radical (unpaired) electrons. The van der Waals surface area contributed by atoms with Gasteiger partial charge >= 0.3 is 11.9 Å². The highest BCUT2D eigenvalue weighted by Crippen LogP contribution is 2.39. The molecule has 3 rings (SSSR count). The largest absolute Gasteiger partial charge is 0.465 e. The van der Waals surface area contributed by atoms with E-state index in [4.69, 9.17) is 9.47 Å². The number of hydrogen-bond donors (Lipinski definition) is 1. The molecule has 0 fully saturated rings. The lowest BCUT2D eigenvalue weighted by Crippen LogP contribution is -2.22. The van der Waals surface area contributed by atoms with Crippen LogP contribution >= 0.6 is 11.3 Å². The molecule has 0 aliphatic heterocycles. The van der Waals surface area contributed by atoms with E-state index in [9.17, 15) is 18.6 Å². The number of nitrogens with one attached hydrogen (secondary N) is 1. The van der Waals surface area contributed by atoms with Crippen LogP contribution in [0.4, 0.5) is 5.00 Å². The first-order valence-electron chi connectivity index (χ1n) is 9.13. The van der Waals surface area contributed by atoms with Crippen molar-refractivity contribution in [2.75, 3.05) is 24.8 Å². The molecule has 1 N–H and O–H groups in total. The van der Waals surface area contributed by atoms with Crippen molar-refractivity contribution in [3.05, 3.63) is 45.8 Å². The van der Waals surface area contributed by atoms with Crippen molar-refractivity contribution >= 4 is 45.0 Å². The summed E-state index contributed by atoms with van der Waals surface area (Å²) in [7, 11) is -0.0254. The first kappa shape index (κ1) is 21.2. The highest BCUT2D eigenvalue weighted by molar-refractivity contribution is 7.85. The number of thiophene rings is 1. The van der Waals surface area contributed by atoms with E-state index < -0.39 is 35.3 Å². The second-order valence-electron chi connectivity index (χ2n) is 6.31. The molecule has 1 atom stereocenters. The van der Waals surface area contributed by atoms with Crippen molar-refractivity contribution in [3.8, 4) is 0 Å². The topological polar surface area (TPSA) is 98.8 Å². The lowest BCUT2D eigenvalue weighted by molar-refractivity contribution is -0.119. The monoisotopic (exact) mass is 435 g/mol. The molecule has 1 amide bonds. The Bertz CT molecular complexity index is 981. The van der Waals surface area contributed by atoms with Gasteiger partial charge in [0.25, 0.3) is 5.91 Å². The van der Waals surface area contributed by atoms with Crippen LogP contribution in [0.15, 0.2) is 29.2 Å². The van der Waals surface area contributed by atoms with Gasteiger partial charge in [0.05, 0.1) is 33.9 Å². The maximum Gasteiger partial charge on any atom is 0.341 e. The molecule has 1 aliphatic rings. The summed E-state index contributed by atoms with van der Waals surface area (Å²) in [6.45, 7) is 1.23. The van der Waals surface area contributed by atoms with Gasteiger partial charge in [-0.25, -0.2) is 9.59 Å². The molecule has 1 unspecified atom stereocenters. The fraction of sp³-hybridized carbons (Fsp3) is 0.350. The van der Waals surface area contributed by atoms with E-state index in [0.717, 1.165) is 29.7 Å². The lowest BCUT2D eigenvalue weighted by atomic mass is 10.1. The number of amides is 1. The van der Waals surface area contributed by atoms with Gasteiger partial charge in [-0.15, -0.1) is 11.3 Å². The predicted molar refractivity (Wildman–Crippen MR) is 110 cm³/mol. The van der Waals surface area contributed by atoms with Crippen LogP contribution in [0.3, 0.4) is 0 Å². The number of ether oxygens (including phenoxy) is 2. The van der Waals surface area contributed by atoms with E-state index in [1.165, 1.54) is 24.5 Å². The second-order valence-corrected chi connectivity index (χ2v) is 9.12. The molecule has 1 heterocycles. The highest BCUT2D eigenvalue weighted by Gasteiger charge is 2.28. The predicted octanol–water partition coefficient (Wildman–Crippen LogP) is 2.95. The van der Waals surface area contributed by atoms with Crippen LogP contribution in [-0.2, 0) is 37.9 Å². The molecule has 29 heavy (non-hydrogen) atoms. The van der Waals surface area contributed by atoms with Gasteiger partial charge in [0.1, 0.15) is 5.00 Å². The van der Waals surface area contributed by atoms with Crippen LogP contribution in [0.5, 0.6) is 0 Å². The molecule has 154 valence electrons. The smallest absolute Gasteiger partial charge is 0.341 e. The summed E-state index contributed by atoms with van der Waals surface area (Å²) in [5, 5.41) is 3.06. The number of carbonyl (C=O) groups is 3. The van der Waals surface area contributed by atoms with Crippen molar-refractivity contribution in [2.45, 2.75) is 31.1 Å². The van der Waals surface area contributed by atoms with Gasteiger partial charge in [-0.05, 0) is 37.0 Å². The molecule has 7 nitrogen and oxygen atoms in total. The summed E-state index contributed by atoms with van der Waals surface area (Å²) in [5.74, 6) is -1.41. The number of methoxy groups -OCH3 is 1. The summed E-state index contributed by atoms with van der Waals surface area (Å²) in [6, 6.07) is 6.45. The standard InChI is InChI=1S/C20H21NO6S2/c1-3-29(25)15-10-5-4-7-13(15)19(23)27-11-16(22)21-18-17(20(24)26-2)12-8-6-9-14(12)28-18/h4-5,7,10H,3,6,8-9,11H2,1-2H3,(H,21,22). The van der Waals surface area contributed by atoms with Crippen LogP contribution in [0.25, 0.3) is 0 Å². The summed E-state index contributed by atoms with van der Waals surface area (Å²) in [4.78, 5) is 38.3. The Kier molecular flexibility index (Phi) is 6.81. The third-order valence-corrected chi connectivity index (χ3v) is 7.09. The molecule has 1 aromatic carbocycles. The van der Waals surface area contributed by atoms with Gasteiger partial charge in [-0.2, -0.15) is 0 Å². The Labute approximate surface area is 174 Å². The van der Waals surface area contributed by atoms with E-state index >= 15 is 0 Å². The number of hydrogen-bond acceptors (Lipinski definition) is 7. The van der Waals surface area contributed by atoms with Gasteiger partial charge in [0.2, 0.25) is 0 Å². The Morgan fingerprint density at radius 2 is 1.93 bits per heavy atom. The summed E-state index contributed by atoms with van der Waals surface area (Å²) < 4.78 is 22.0. The maximum atomic E-state index is 12.4. The second kappa shape index (κ2) is 9.32. The Morgan fingerprint density at radius 3 is 2.66 bits per heavy atom. The van der Waals surface area contributed by atoms with E-state index in [1.807, 2.05) is 0 Å². The minimum absolute atomic E-state index is 0.172. The Hall–Kier alpha value is -2.52. The number of benzene rings is 1. The van der Waals surface area contributed by atoms with Crippen LogP contribution in [0.1, 0.15) is 44.5 Å². The van der Waals surface area contributed by atoms with Gasteiger partial charge in [0.15, 0.2) is 6.61 Å². The molecule has 0 spiro atoms. The SMILES string of the molecule is CCS(=O)c1ccccc1C(=O)OCC(=O)Nc1sc2c(c1C(=O)OC)CCC2. The fourth-order valence-corrected chi connectivity index (χ4v) is 5.40. The zero-order valence-corrected chi connectivity index (χ0v) is 17.7. The number of aryl methyl sites for hydroxylation is 1. The molecule has 1 aliphatic carbocycles. The van der Waals surface area contributed by atoms with Gasteiger partial charge in [-0.3, -0.25) is 9.00 Å². The van der Waals surface area contributed by atoms with Crippen LogP contribution in [-0.4, -0.2) is 41.5 Å². The number of esters is 2. The van der Waals surface area contributed by atoms with Crippen molar-refractivity contribution < 1.29 is 28.1 Å². The molecule has 0 saturated carbocycles. The third-order valence-electron chi connectivity index (χ3n) is 4.51. The average molecular weight is 436 g/mol. The van der Waals surface area contributed by atoms with Gasteiger partial charge in [0, 0.05) is 10.6 Å². The first-order valence-corrected chi connectivity index (χ1v) is 11.3. The summed E-state index contributed by atoms with van der Waals surface area (Å²) in [5.41, 5.74) is 1.48. The van der Waals surface area contributed by atoms with Crippen molar-refractivity contribution in [1.82, 2.24) is 0 Å². The number of carbonyl (C=O) groups excluding carboxylic acids is 3. The van der Waals surface area contributed by atoms with Gasteiger partial charge in [-0.1, -0.05) is 19.1 Å². The quantitative estimate of drug-likeness (QED) is 0.672. The Balaban J connectivity index is 1.68. The minimum Gasteiger partial charge on any atom is -0.465 e. The number of anilines is 1. The minimum atomic E-state index is -1.32. The van der Waals surface area contributed by atoms with E-state index in [-0.39, 0.29) is 5.56 Å². The molecular formula is C20H21NO6S2. The average Bonchev–Trinajstić information content (AvgIpc) is 3.31. The Morgan fingerprint density at radius 1 is 1.17 bits per heavy atom. The van der Waals surface area contributed by atoms with Gasteiger partial charge < -0.3 is 14.8 Å². The van der Waals surface area contributed by atoms with Crippen molar-refractivity contribution in [2.24, 2.45) is 0 Å². The lowest BCUT2D eigenvalue weighted by Gasteiger charge is -2.10. The van der Waals surface area contributed by atoms with Crippen LogP contribution in [0.2, 0.25) is 0 Å². The van der Waals surface area contributed by atoms with E-state index in [2.05, 4.69) is 5.32 Å². The molecule has 9 heteroatoms. The molecule has 0 bridgehead atoms. The van der Waals surface area contributed by atoms with Crippen molar-refractivity contribution in [3.63, 3.8) is 0 Å². The summed E-state index contributed by atoms with van der Waals surface area (Å²) in [6.07, 6.45) is 2.60. The number of rotatable bonds is 7. The summed E-state index contributed by atoms with van der Waals surface area (Å²) >= 11 is 1.35. The van der Waals surface area contributed by atoms with Crippen LogP contribution in [0, 0.1) is 0 Å². The molecule has 1 aromatic heterocycles.